The highest BCUT2D eigenvalue weighted by molar-refractivity contribution is 5.95. The number of unbranched alkanes of at least 4 members (excludes halogenated alkanes) is 6. The Labute approximate surface area is 382 Å². The van der Waals surface area contributed by atoms with Crippen molar-refractivity contribution in [3.8, 4) is 34.5 Å². The molecular formula is C52H50O14. The second kappa shape index (κ2) is 26.6. The summed E-state index contributed by atoms with van der Waals surface area (Å²) in [6.07, 6.45) is 9.38. The van der Waals surface area contributed by atoms with Gasteiger partial charge in [-0.1, -0.05) is 32.1 Å². The van der Waals surface area contributed by atoms with Crippen molar-refractivity contribution in [3.05, 3.63) is 169 Å². The molecule has 0 bridgehead atoms. The lowest BCUT2D eigenvalue weighted by Crippen LogP contribution is -2.12. The fraction of sp³-hybridized carbons (Fsp3) is 0.231. The van der Waals surface area contributed by atoms with E-state index in [2.05, 4.69) is 13.2 Å². The van der Waals surface area contributed by atoms with Crippen LogP contribution in [-0.2, 0) is 19.1 Å². The number of carbonyl (C=O) groups is 6. The fourth-order valence-electron chi connectivity index (χ4n) is 6.01. The number of ether oxygens (including phenoxy) is 8. The van der Waals surface area contributed by atoms with Gasteiger partial charge in [-0.3, -0.25) is 4.79 Å². The van der Waals surface area contributed by atoms with Crippen molar-refractivity contribution in [2.45, 2.75) is 57.8 Å². The summed E-state index contributed by atoms with van der Waals surface area (Å²) >= 11 is 0. The number of carbonyl (C=O) groups excluding carboxylic acids is 6. The molecule has 5 rings (SSSR count). The van der Waals surface area contributed by atoms with E-state index in [9.17, 15) is 28.8 Å². The molecule has 0 aliphatic heterocycles. The maximum absolute atomic E-state index is 13.0. The minimum atomic E-state index is -0.723. The van der Waals surface area contributed by atoms with Crippen LogP contribution in [0.1, 0.15) is 99.2 Å². The highest BCUT2D eigenvalue weighted by atomic mass is 16.6. The van der Waals surface area contributed by atoms with Crippen LogP contribution in [0.5, 0.6) is 34.5 Å². The molecule has 0 atom stereocenters. The van der Waals surface area contributed by atoms with Crippen LogP contribution in [-0.4, -0.2) is 55.6 Å². The zero-order valence-electron chi connectivity index (χ0n) is 36.3. The third-order valence-electron chi connectivity index (χ3n) is 9.48. The summed E-state index contributed by atoms with van der Waals surface area (Å²) in [5.74, 6) is -1.31. The number of benzene rings is 5. The minimum Gasteiger partial charge on any atom is -0.494 e. The first kappa shape index (κ1) is 49.0. The van der Waals surface area contributed by atoms with Crippen LogP contribution in [0.25, 0.3) is 0 Å². The Bertz CT molecular complexity index is 2400. The molecule has 0 aliphatic carbocycles. The Morgan fingerprint density at radius 1 is 0.409 bits per heavy atom. The van der Waals surface area contributed by atoms with Crippen LogP contribution in [0, 0.1) is 0 Å². The van der Waals surface area contributed by atoms with E-state index in [1.165, 1.54) is 72.8 Å². The van der Waals surface area contributed by atoms with Crippen LogP contribution in [0.3, 0.4) is 0 Å². The van der Waals surface area contributed by atoms with Crippen molar-refractivity contribution in [2.75, 3.05) is 19.8 Å². The van der Waals surface area contributed by atoms with Crippen molar-refractivity contribution >= 4 is 35.8 Å². The molecule has 0 heterocycles. The average molecular weight is 899 g/mol. The SMILES string of the molecule is C=COC(=O)CCCCCCOc1ccc(OC(=O)c2ccc(OC(=O)c3cccc(OC(=O)c4ccc(OC(=O)c5ccc(OCCCCCCOC(=O)C=C)cc5)cc4)c3)cc2)cc1. The van der Waals surface area contributed by atoms with Gasteiger partial charge in [0.05, 0.1) is 48.3 Å². The van der Waals surface area contributed by atoms with Crippen molar-refractivity contribution in [3.63, 3.8) is 0 Å². The average Bonchev–Trinajstić information content (AvgIpc) is 3.33. The highest BCUT2D eigenvalue weighted by Gasteiger charge is 2.16. The molecule has 66 heavy (non-hydrogen) atoms. The molecule has 14 nitrogen and oxygen atoms in total. The molecular weight excluding hydrogens is 849 g/mol. The Morgan fingerprint density at radius 2 is 0.803 bits per heavy atom. The van der Waals surface area contributed by atoms with Gasteiger partial charge in [0, 0.05) is 12.5 Å². The zero-order valence-corrected chi connectivity index (χ0v) is 36.3. The molecule has 0 radical (unpaired) electrons. The van der Waals surface area contributed by atoms with E-state index < -0.39 is 29.8 Å². The van der Waals surface area contributed by atoms with Crippen LogP contribution in [0.15, 0.2) is 147 Å². The Balaban J connectivity index is 1.00. The summed E-state index contributed by atoms with van der Waals surface area (Å²) in [5, 5.41) is 0. The van der Waals surface area contributed by atoms with Gasteiger partial charge in [-0.2, -0.15) is 0 Å². The molecule has 342 valence electrons. The maximum atomic E-state index is 13.0. The number of hydrogen-bond acceptors (Lipinski definition) is 14. The first-order valence-corrected chi connectivity index (χ1v) is 21.3. The molecule has 0 unspecified atom stereocenters. The van der Waals surface area contributed by atoms with Gasteiger partial charge in [-0.15, -0.1) is 0 Å². The monoisotopic (exact) mass is 898 g/mol. The summed E-state index contributed by atoms with van der Waals surface area (Å²) in [6, 6.07) is 30.8. The predicted octanol–water partition coefficient (Wildman–Crippen LogP) is 10.2. The summed E-state index contributed by atoms with van der Waals surface area (Å²) in [7, 11) is 0. The smallest absolute Gasteiger partial charge is 0.343 e. The van der Waals surface area contributed by atoms with Gasteiger partial charge in [0.25, 0.3) is 0 Å². The van der Waals surface area contributed by atoms with Crippen molar-refractivity contribution in [2.24, 2.45) is 0 Å². The number of hydrogen-bond donors (Lipinski definition) is 0. The fourth-order valence-corrected chi connectivity index (χ4v) is 6.01. The van der Waals surface area contributed by atoms with Gasteiger partial charge in [0.15, 0.2) is 0 Å². The standard InChI is InChI=1S/C52H50O14/c1-3-47(53)62-35-12-8-7-11-34-60-41-23-17-37(18-24-41)49(55)63-43-25-21-39(22-26-43)51(57)66-46-15-13-14-40(36-46)52(58)65-44-27-19-38(20-28-44)50(56)64-45-31-29-42(30-32-45)61-33-10-6-5-9-16-48(54)59-4-2/h3-4,13-15,17-32,36H,1-2,5-12,16,33-35H2. The third-order valence-corrected chi connectivity index (χ3v) is 9.48. The van der Waals surface area contributed by atoms with E-state index in [-0.39, 0.29) is 39.9 Å². The van der Waals surface area contributed by atoms with Gasteiger partial charge in [0.2, 0.25) is 0 Å². The van der Waals surface area contributed by atoms with Gasteiger partial charge < -0.3 is 37.9 Å². The Morgan fingerprint density at radius 3 is 1.27 bits per heavy atom. The minimum absolute atomic E-state index is 0.0933. The van der Waals surface area contributed by atoms with Crippen molar-refractivity contribution in [1.82, 2.24) is 0 Å². The van der Waals surface area contributed by atoms with Crippen LogP contribution in [0.2, 0.25) is 0 Å². The molecule has 5 aromatic rings. The molecule has 0 amide bonds. The Hall–Kier alpha value is -8.00. The van der Waals surface area contributed by atoms with Gasteiger partial charge in [0.1, 0.15) is 34.5 Å². The Kier molecular flexibility index (Phi) is 19.7. The second-order valence-corrected chi connectivity index (χ2v) is 14.4. The van der Waals surface area contributed by atoms with E-state index >= 15 is 0 Å². The molecule has 5 aromatic carbocycles. The molecule has 0 aliphatic rings. The lowest BCUT2D eigenvalue weighted by molar-refractivity contribution is -0.138. The van der Waals surface area contributed by atoms with E-state index in [0.717, 1.165) is 63.7 Å². The van der Waals surface area contributed by atoms with E-state index in [4.69, 9.17) is 37.9 Å². The lowest BCUT2D eigenvalue weighted by atomic mass is 10.1. The predicted molar refractivity (Wildman–Crippen MR) is 242 cm³/mol. The molecule has 0 saturated heterocycles. The van der Waals surface area contributed by atoms with Crippen molar-refractivity contribution in [1.29, 1.82) is 0 Å². The first-order valence-electron chi connectivity index (χ1n) is 21.3. The highest BCUT2D eigenvalue weighted by Crippen LogP contribution is 2.23. The maximum Gasteiger partial charge on any atom is 0.343 e. The van der Waals surface area contributed by atoms with Crippen LogP contribution >= 0.6 is 0 Å². The van der Waals surface area contributed by atoms with Gasteiger partial charge >= 0.3 is 35.8 Å². The second-order valence-electron chi connectivity index (χ2n) is 14.4. The lowest BCUT2D eigenvalue weighted by Gasteiger charge is -2.09. The van der Waals surface area contributed by atoms with E-state index in [0.29, 0.717) is 49.1 Å². The molecule has 0 saturated carbocycles. The number of esters is 6. The van der Waals surface area contributed by atoms with E-state index in [1.807, 2.05) is 0 Å². The summed E-state index contributed by atoms with van der Waals surface area (Å²) in [5.41, 5.74) is 0.821. The molecule has 14 heteroatoms. The normalized spacial score (nSPS) is 10.4. The first-order chi connectivity index (χ1) is 32.1. The van der Waals surface area contributed by atoms with E-state index in [1.54, 1.807) is 48.5 Å². The zero-order chi connectivity index (χ0) is 46.9. The summed E-state index contributed by atoms with van der Waals surface area (Å²) in [4.78, 5) is 73.9. The molecule has 0 N–H and O–H groups in total. The molecule has 0 spiro atoms. The molecule has 0 fully saturated rings. The largest absolute Gasteiger partial charge is 0.494 e. The number of rotatable bonds is 26. The van der Waals surface area contributed by atoms with Crippen LogP contribution < -0.4 is 28.4 Å². The quantitative estimate of drug-likeness (QED) is 0.0168. The van der Waals surface area contributed by atoms with Crippen molar-refractivity contribution < 1.29 is 66.7 Å². The summed E-state index contributed by atoms with van der Waals surface area (Å²) < 4.78 is 43.1. The third kappa shape index (κ3) is 16.9. The van der Waals surface area contributed by atoms with Gasteiger partial charge in [-0.05, 0) is 154 Å². The topological polar surface area (TPSA) is 176 Å². The van der Waals surface area contributed by atoms with Gasteiger partial charge in [-0.25, -0.2) is 24.0 Å². The summed E-state index contributed by atoms with van der Waals surface area (Å²) in [6.45, 7) is 8.09. The van der Waals surface area contributed by atoms with Crippen LogP contribution in [0.4, 0.5) is 0 Å². The molecule has 0 aromatic heterocycles.